The molecule has 2 heterocycles. The van der Waals surface area contributed by atoms with Gasteiger partial charge in [-0.05, 0) is 36.4 Å². The number of aromatic nitrogens is 4. The van der Waals surface area contributed by atoms with Gasteiger partial charge < -0.3 is 14.5 Å². The summed E-state index contributed by atoms with van der Waals surface area (Å²) in [5.41, 5.74) is 1.09. The van der Waals surface area contributed by atoms with Crippen molar-refractivity contribution in [2.45, 2.75) is 25.6 Å². The number of carbonyl (C=O) groups is 1. The molecule has 0 saturated carbocycles. The number of benzene rings is 1. The van der Waals surface area contributed by atoms with Crippen molar-refractivity contribution in [2.24, 2.45) is 0 Å². The van der Waals surface area contributed by atoms with Gasteiger partial charge in [0.2, 0.25) is 5.91 Å². The minimum Gasteiger partial charge on any atom is -0.495 e. The first-order chi connectivity index (χ1) is 13.1. The summed E-state index contributed by atoms with van der Waals surface area (Å²) in [4.78, 5) is 16.7. The van der Waals surface area contributed by atoms with Crippen LogP contribution in [0.5, 0.6) is 5.75 Å². The van der Waals surface area contributed by atoms with E-state index >= 15 is 0 Å². The average molecular weight is 391 g/mol. The standard InChI is InChI=1S/C18H26N6O2S/c1-14(2)24-17(19-20-21-24)12-27-13-18(25)23-10-8-22(9-11-23)15-6-4-5-7-16(15)26-3/h4-7,14H,8-13H2,1-3H3. The molecule has 1 saturated heterocycles. The van der Waals surface area contributed by atoms with Crippen molar-refractivity contribution >= 4 is 23.4 Å². The number of para-hydroxylation sites is 2. The van der Waals surface area contributed by atoms with Crippen molar-refractivity contribution in [3.05, 3.63) is 30.1 Å². The fourth-order valence-corrected chi connectivity index (χ4v) is 3.95. The molecule has 0 N–H and O–H groups in total. The Kier molecular flexibility index (Phi) is 6.54. The molecule has 0 aliphatic carbocycles. The second-order valence-electron chi connectivity index (χ2n) is 6.67. The molecule has 1 fully saturated rings. The predicted octanol–water partition coefficient (Wildman–Crippen LogP) is 1.84. The Morgan fingerprint density at radius 1 is 1.22 bits per heavy atom. The predicted molar refractivity (Wildman–Crippen MR) is 106 cm³/mol. The molecule has 0 atom stereocenters. The van der Waals surface area contributed by atoms with Crippen LogP contribution in [0.4, 0.5) is 5.69 Å². The Balaban J connectivity index is 1.46. The summed E-state index contributed by atoms with van der Waals surface area (Å²) in [7, 11) is 1.69. The van der Waals surface area contributed by atoms with Crippen molar-refractivity contribution < 1.29 is 9.53 Å². The van der Waals surface area contributed by atoms with E-state index in [1.165, 1.54) is 0 Å². The fraction of sp³-hybridized carbons (Fsp3) is 0.556. The van der Waals surface area contributed by atoms with Gasteiger partial charge in [0.15, 0.2) is 5.82 Å². The number of amides is 1. The lowest BCUT2D eigenvalue weighted by Gasteiger charge is -2.36. The van der Waals surface area contributed by atoms with Crippen molar-refractivity contribution in [3.8, 4) is 5.75 Å². The van der Waals surface area contributed by atoms with Crippen LogP contribution in [0.2, 0.25) is 0 Å². The number of rotatable bonds is 7. The van der Waals surface area contributed by atoms with Gasteiger partial charge in [0.25, 0.3) is 0 Å². The van der Waals surface area contributed by atoms with Gasteiger partial charge in [0.1, 0.15) is 5.75 Å². The number of hydrogen-bond donors (Lipinski definition) is 0. The van der Waals surface area contributed by atoms with Crippen LogP contribution in [0.25, 0.3) is 0 Å². The van der Waals surface area contributed by atoms with Crippen molar-refractivity contribution in [3.63, 3.8) is 0 Å². The summed E-state index contributed by atoms with van der Waals surface area (Å²) in [6.07, 6.45) is 0. The zero-order chi connectivity index (χ0) is 19.2. The molecular weight excluding hydrogens is 364 g/mol. The first-order valence-corrected chi connectivity index (χ1v) is 10.3. The molecule has 0 unspecified atom stereocenters. The van der Waals surface area contributed by atoms with Crippen molar-refractivity contribution in [1.29, 1.82) is 0 Å². The Bertz CT molecular complexity index is 758. The van der Waals surface area contributed by atoms with Crippen LogP contribution in [0.1, 0.15) is 25.7 Å². The SMILES string of the molecule is COc1ccccc1N1CCN(C(=O)CSCc2nnnn2C(C)C)CC1. The molecular formula is C18H26N6O2S. The molecule has 1 amide bonds. The van der Waals surface area contributed by atoms with Gasteiger partial charge in [0, 0.05) is 26.2 Å². The second kappa shape index (κ2) is 9.07. The van der Waals surface area contributed by atoms with E-state index in [0.29, 0.717) is 11.5 Å². The van der Waals surface area contributed by atoms with E-state index < -0.39 is 0 Å². The van der Waals surface area contributed by atoms with E-state index in [0.717, 1.165) is 43.4 Å². The number of methoxy groups -OCH3 is 1. The minimum absolute atomic E-state index is 0.170. The topological polar surface area (TPSA) is 76.4 Å². The van der Waals surface area contributed by atoms with Gasteiger partial charge in [-0.2, -0.15) is 0 Å². The minimum atomic E-state index is 0.170. The maximum Gasteiger partial charge on any atom is 0.232 e. The molecule has 1 aliphatic rings. The lowest BCUT2D eigenvalue weighted by atomic mass is 10.2. The van der Waals surface area contributed by atoms with Crippen LogP contribution in [-0.2, 0) is 10.5 Å². The highest BCUT2D eigenvalue weighted by molar-refractivity contribution is 7.99. The monoisotopic (exact) mass is 390 g/mol. The molecule has 1 aromatic carbocycles. The third kappa shape index (κ3) is 4.71. The Morgan fingerprint density at radius 2 is 1.96 bits per heavy atom. The van der Waals surface area contributed by atoms with Gasteiger partial charge in [-0.1, -0.05) is 12.1 Å². The summed E-state index contributed by atoms with van der Waals surface area (Å²) in [5, 5.41) is 11.8. The largest absolute Gasteiger partial charge is 0.495 e. The van der Waals surface area contributed by atoms with Gasteiger partial charge in [-0.3, -0.25) is 4.79 Å². The highest BCUT2D eigenvalue weighted by Gasteiger charge is 2.23. The molecule has 27 heavy (non-hydrogen) atoms. The van der Waals surface area contributed by atoms with Crippen LogP contribution >= 0.6 is 11.8 Å². The van der Waals surface area contributed by atoms with E-state index in [-0.39, 0.29) is 11.9 Å². The quantitative estimate of drug-likeness (QED) is 0.714. The Labute approximate surface area is 163 Å². The summed E-state index contributed by atoms with van der Waals surface area (Å²) >= 11 is 1.56. The Morgan fingerprint density at radius 3 is 2.67 bits per heavy atom. The first-order valence-electron chi connectivity index (χ1n) is 9.10. The molecule has 3 rings (SSSR count). The molecule has 146 valence electrons. The van der Waals surface area contributed by atoms with E-state index in [9.17, 15) is 4.79 Å². The number of tetrazole rings is 1. The van der Waals surface area contributed by atoms with E-state index in [1.54, 1.807) is 23.6 Å². The van der Waals surface area contributed by atoms with Crippen molar-refractivity contribution in [2.75, 3.05) is 43.9 Å². The number of carbonyl (C=O) groups excluding carboxylic acids is 1. The molecule has 1 aromatic heterocycles. The number of nitrogens with zero attached hydrogens (tertiary/aromatic N) is 6. The van der Waals surface area contributed by atoms with Gasteiger partial charge >= 0.3 is 0 Å². The van der Waals surface area contributed by atoms with Crippen LogP contribution in [0, 0.1) is 0 Å². The van der Waals surface area contributed by atoms with Crippen LogP contribution in [-0.4, -0.2) is 70.1 Å². The van der Waals surface area contributed by atoms with E-state index in [1.807, 2.05) is 36.9 Å². The number of ether oxygens (including phenoxy) is 1. The average Bonchev–Trinajstić information content (AvgIpc) is 3.17. The smallest absolute Gasteiger partial charge is 0.232 e. The zero-order valence-corrected chi connectivity index (χ0v) is 16.9. The highest BCUT2D eigenvalue weighted by atomic mass is 32.2. The number of piperazine rings is 1. The summed E-state index contributed by atoms with van der Waals surface area (Å²) in [5.74, 6) is 2.93. The van der Waals surface area contributed by atoms with Gasteiger partial charge in [-0.15, -0.1) is 16.9 Å². The number of hydrogen-bond acceptors (Lipinski definition) is 7. The van der Waals surface area contributed by atoms with E-state index in [2.05, 4.69) is 26.5 Å². The third-order valence-corrected chi connectivity index (χ3v) is 5.48. The normalized spacial score (nSPS) is 14.7. The number of thioether (sulfide) groups is 1. The maximum absolute atomic E-state index is 12.5. The lowest BCUT2D eigenvalue weighted by molar-refractivity contribution is -0.128. The zero-order valence-electron chi connectivity index (χ0n) is 16.0. The van der Waals surface area contributed by atoms with Crippen LogP contribution in [0.15, 0.2) is 24.3 Å². The van der Waals surface area contributed by atoms with E-state index in [4.69, 9.17) is 4.74 Å². The lowest BCUT2D eigenvalue weighted by Crippen LogP contribution is -2.49. The maximum atomic E-state index is 12.5. The van der Waals surface area contributed by atoms with Crippen LogP contribution in [0.3, 0.4) is 0 Å². The van der Waals surface area contributed by atoms with Crippen LogP contribution < -0.4 is 9.64 Å². The number of anilines is 1. The Hall–Kier alpha value is -2.29. The molecule has 1 aliphatic heterocycles. The van der Waals surface area contributed by atoms with Gasteiger partial charge in [0.05, 0.1) is 30.3 Å². The first kappa shape index (κ1) is 19.5. The van der Waals surface area contributed by atoms with Crippen molar-refractivity contribution in [1.82, 2.24) is 25.1 Å². The molecule has 8 nitrogen and oxygen atoms in total. The molecule has 2 aromatic rings. The van der Waals surface area contributed by atoms with Gasteiger partial charge in [-0.25, -0.2) is 4.68 Å². The molecule has 0 spiro atoms. The molecule has 9 heteroatoms. The fourth-order valence-electron chi connectivity index (χ4n) is 3.12. The second-order valence-corrected chi connectivity index (χ2v) is 7.65. The molecule has 0 radical (unpaired) electrons. The third-order valence-electron chi connectivity index (χ3n) is 4.57. The highest BCUT2D eigenvalue weighted by Crippen LogP contribution is 2.28. The summed E-state index contributed by atoms with van der Waals surface area (Å²) in [6, 6.07) is 8.22. The molecule has 0 bridgehead atoms. The summed E-state index contributed by atoms with van der Waals surface area (Å²) in [6.45, 7) is 7.14. The summed E-state index contributed by atoms with van der Waals surface area (Å²) < 4.78 is 7.24.